The van der Waals surface area contributed by atoms with Gasteiger partial charge in [0, 0.05) is 21.3 Å². The second-order valence-electron chi connectivity index (χ2n) is 9.22. The Morgan fingerprint density at radius 2 is 1.94 bits per heavy atom. The summed E-state index contributed by atoms with van der Waals surface area (Å²) < 4.78 is 22.3. The summed E-state index contributed by atoms with van der Waals surface area (Å²) in [7, 11) is 2.04. The minimum Gasteiger partial charge on any atom is -0.296 e. The van der Waals surface area contributed by atoms with Gasteiger partial charge in [-0.3, -0.25) is 4.57 Å². The Kier molecular flexibility index (Phi) is 3.95. The predicted octanol–water partition coefficient (Wildman–Crippen LogP) is 5.85. The van der Waals surface area contributed by atoms with E-state index in [0.717, 1.165) is 65.8 Å². The van der Waals surface area contributed by atoms with E-state index >= 15 is 0 Å². The Morgan fingerprint density at radius 1 is 1.10 bits per heavy atom. The van der Waals surface area contributed by atoms with Crippen LogP contribution in [0.2, 0.25) is 0 Å². The van der Waals surface area contributed by atoms with E-state index in [0.29, 0.717) is 0 Å². The maximum Gasteiger partial charge on any atom is 0.212 e. The molecule has 2 aromatic heterocycles. The first-order valence-electron chi connectivity index (χ1n) is 12.5. The number of aromatic nitrogens is 3. The van der Waals surface area contributed by atoms with Gasteiger partial charge in [0.15, 0.2) is 6.20 Å². The third-order valence-electron chi connectivity index (χ3n) is 7.05. The Labute approximate surface area is 187 Å². The summed E-state index contributed by atoms with van der Waals surface area (Å²) >= 11 is 0. The number of para-hydroxylation sites is 1. The lowest BCUT2D eigenvalue weighted by Crippen LogP contribution is -2.31. The summed E-state index contributed by atoms with van der Waals surface area (Å²) in [4.78, 5) is 4.99. The summed E-state index contributed by atoms with van der Waals surface area (Å²) in [6, 6.07) is 17.0. The molecule has 1 fully saturated rings. The normalized spacial score (nSPS) is 17.4. The van der Waals surface area contributed by atoms with Crippen LogP contribution in [0.4, 0.5) is 0 Å². The Hall–Kier alpha value is -2.94. The van der Waals surface area contributed by atoms with Crippen molar-refractivity contribution in [3.63, 3.8) is 0 Å². The van der Waals surface area contributed by atoms with Gasteiger partial charge < -0.3 is 0 Å². The highest BCUT2D eigenvalue weighted by Crippen LogP contribution is 2.35. The highest BCUT2D eigenvalue weighted by molar-refractivity contribution is 5.86. The largest absolute Gasteiger partial charge is 0.296 e. The van der Waals surface area contributed by atoms with Crippen LogP contribution in [0.5, 0.6) is 0 Å². The fourth-order valence-electron chi connectivity index (χ4n) is 5.40. The van der Waals surface area contributed by atoms with Crippen molar-refractivity contribution >= 4 is 11.0 Å². The molecule has 3 nitrogen and oxygen atoms in total. The molecule has 0 unspecified atom stereocenters. The number of hydrogen-bond acceptors (Lipinski definition) is 1. The topological polar surface area (TPSA) is 21.7 Å². The van der Waals surface area contributed by atoms with Crippen molar-refractivity contribution in [1.29, 1.82) is 0 Å². The number of aryl methyl sites for hydroxylation is 2. The minimum absolute atomic E-state index is 0.103. The number of hydrogen-bond donors (Lipinski definition) is 0. The monoisotopic (exact) mass is 410 g/mol. The van der Waals surface area contributed by atoms with Crippen LogP contribution in [-0.2, 0) is 19.8 Å². The van der Waals surface area contributed by atoms with Crippen molar-refractivity contribution < 1.29 is 7.31 Å². The molecule has 2 aromatic carbocycles. The smallest absolute Gasteiger partial charge is 0.212 e. The van der Waals surface area contributed by atoms with Gasteiger partial charge in [0.25, 0.3) is 0 Å². The highest BCUT2D eigenvalue weighted by Gasteiger charge is 2.24. The first-order valence-corrected chi connectivity index (χ1v) is 11.5. The predicted molar refractivity (Wildman–Crippen MR) is 126 cm³/mol. The van der Waals surface area contributed by atoms with Crippen LogP contribution in [-0.4, -0.2) is 9.55 Å². The van der Waals surface area contributed by atoms with Gasteiger partial charge in [0.2, 0.25) is 5.69 Å². The van der Waals surface area contributed by atoms with E-state index in [-0.39, 0.29) is 5.92 Å². The van der Waals surface area contributed by atoms with E-state index < -0.39 is 6.37 Å². The lowest BCUT2D eigenvalue weighted by molar-refractivity contribution is -0.660. The molecule has 3 heteroatoms. The van der Waals surface area contributed by atoms with Crippen molar-refractivity contribution in [3.05, 3.63) is 77.2 Å². The summed E-state index contributed by atoms with van der Waals surface area (Å²) in [5, 5.41) is 0. The molecular weight excluding hydrogens is 378 g/mol. The summed E-state index contributed by atoms with van der Waals surface area (Å²) in [5.74, 6) is 1.20. The zero-order valence-corrected chi connectivity index (χ0v) is 18.4. The average molecular weight is 411 g/mol. The number of fused-ring (bicyclic) bond motifs is 5. The molecule has 0 atom stereocenters. The molecule has 4 aromatic rings. The van der Waals surface area contributed by atoms with E-state index in [1.807, 2.05) is 19.3 Å². The van der Waals surface area contributed by atoms with Crippen molar-refractivity contribution in [2.45, 2.75) is 51.8 Å². The maximum absolute atomic E-state index is 8.95. The number of nitrogens with zero attached hydrogens (tertiary/aromatic N) is 3. The fraction of sp³-hybridized carbons (Fsp3) is 0.357. The number of benzene rings is 2. The van der Waals surface area contributed by atoms with Gasteiger partial charge in [0.05, 0.1) is 22.3 Å². The molecule has 2 aliphatic rings. The van der Waals surface area contributed by atoms with E-state index in [4.69, 9.17) is 7.73 Å². The van der Waals surface area contributed by atoms with Crippen LogP contribution in [0.15, 0.2) is 54.7 Å². The quantitative estimate of drug-likeness (QED) is 0.342. The van der Waals surface area contributed by atoms with Crippen molar-refractivity contribution in [3.8, 4) is 16.9 Å². The molecule has 1 aliphatic heterocycles. The molecule has 0 radical (unpaired) electrons. The highest BCUT2D eigenvalue weighted by atomic mass is 15.1. The number of imidazole rings is 1. The molecule has 3 heterocycles. The van der Waals surface area contributed by atoms with E-state index in [1.54, 1.807) is 0 Å². The van der Waals surface area contributed by atoms with Gasteiger partial charge in [-0.2, -0.15) is 0 Å². The van der Waals surface area contributed by atoms with E-state index in [2.05, 4.69) is 58.5 Å². The van der Waals surface area contributed by atoms with Crippen LogP contribution in [0, 0.1) is 12.8 Å². The summed E-state index contributed by atoms with van der Waals surface area (Å²) in [5.41, 5.74) is 8.84. The average Bonchev–Trinajstić information content (AvgIpc) is 3.35. The van der Waals surface area contributed by atoms with Crippen LogP contribution < -0.4 is 4.57 Å². The van der Waals surface area contributed by atoms with Crippen molar-refractivity contribution in [2.75, 3.05) is 0 Å². The molecular formula is C28H30N3+. The molecule has 1 saturated carbocycles. The number of rotatable bonds is 3. The molecule has 0 N–H and O–H groups in total. The SMILES string of the molecule is [2H]C([2H])(c1cc[n+](C)c(-c2cc3nc4n(c3cc2C)-c2ccccc2C4)c1)C1CCCCC1. The van der Waals surface area contributed by atoms with Gasteiger partial charge in [-0.15, -0.1) is 0 Å². The molecule has 0 amide bonds. The van der Waals surface area contributed by atoms with Crippen molar-refractivity contribution in [1.82, 2.24) is 9.55 Å². The number of pyridine rings is 1. The zero-order valence-electron chi connectivity index (χ0n) is 20.4. The second kappa shape index (κ2) is 7.33. The van der Waals surface area contributed by atoms with Crippen LogP contribution in [0.25, 0.3) is 28.0 Å². The fourth-order valence-corrected chi connectivity index (χ4v) is 5.40. The first-order chi connectivity index (χ1) is 15.9. The summed E-state index contributed by atoms with van der Waals surface area (Å²) in [6.07, 6.45) is 7.05. The van der Waals surface area contributed by atoms with Gasteiger partial charge in [0.1, 0.15) is 12.9 Å². The Morgan fingerprint density at radius 3 is 2.81 bits per heavy atom. The van der Waals surface area contributed by atoms with E-state index in [1.165, 1.54) is 23.2 Å². The van der Waals surface area contributed by atoms with Crippen LogP contribution >= 0.6 is 0 Å². The zero-order chi connectivity index (χ0) is 22.7. The second-order valence-corrected chi connectivity index (χ2v) is 9.22. The third-order valence-corrected chi connectivity index (χ3v) is 7.05. The van der Waals surface area contributed by atoms with Crippen LogP contribution in [0.3, 0.4) is 0 Å². The maximum atomic E-state index is 8.95. The van der Waals surface area contributed by atoms with Gasteiger partial charge in [-0.05, 0) is 54.1 Å². The van der Waals surface area contributed by atoms with Gasteiger partial charge in [-0.25, -0.2) is 9.55 Å². The summed E-state index contributed by atoms with van der Waals surface area (Å²) in [6.45, 7) is 2.15. The molecule has 6 rings (SSSR count). The molecule has 0 bridgehead atoms. The van der Waals surface area contributed by atoms with Gasteiger partial charge >= 0.3 is 0 Å². The lowest BCUT2D eigenvalue weighted by Gasteiger charge is -2.21. The first kappa shape index (κ1) is 16.7. The van der Waals surface area contributed by atoms with Gasteiger partial charge in [-0.1, -0.05) is 50.3 Å². The minimum atomic E-state index is -1.30. The molecule has 31 heavy (non-hydrogen) atoms. The molecule has 1 aliphatic carbocycles. The molecule has 0 spiro atoms. The third kappa shape index (κ3) is 3.18. The van der Waals surface area contributed by atoms with E-state index in [9.17, 15) is 0 Å². The lowest BCUT2D eigenvalue weighted by atomic mass is 9.85. The standard InChI is InChI=1S/C28H30N3/c1-19-14-27-24(29-28-17-22-10-6-7-11-25(22)31(27)28)18-23(19)26-16-21(12-13-30(26)2)15-20-8-4-3-5-9-20/h6-7,10-14,16,18,20H,3-5,8-9,15,17H2,1-2H3/q+1/i15D2. The molecule has 156 valence electrons. The Bertz CT molecular complexity index is 1380. The van der Waals surface area contributed by atoms with Crippen LogP contribution in [0.1, 0.15) is 57.4 Å². The molecule has 0 saturated heterocycles. The Balaban J connectivity index is 1.45. The van der Waals surface area contributed by atoms with Crippen molar-refractivity contribution in [2.24, 2.45) is 13.0 Å².